The molecular formula is C14H18N4O3S. The molecule has 1 aliphatic rings. The SMILES string of the molecule is Cc1nc(C2CCCCCN2S(=O)(=O)c2cccnc2)no1. The lowest BCUT2D eigenvalue weighted by Gasteiger charge is -2.26. The Bertz CT molecular complexity index is 730. The van der Waals surface area contributed by atoms with Crippen LogP contribution in [-0.4, -0.2) is 34.4 Å². The summed E-state index contributed by atoms with van der Waals surface area (Å²) in [6.07, 6.45) is 6.38. The average Bonchev–Trinajstić information content (AvgIpc) is 2.81. The second-order valence-corrected chi connectivity index (χ2v) is 7.23. The van der Waals surface area contributed by atoms with Gasteiger partial charge in [0.1, 0.15) is 4.90 Å². The minimum Gasteiger partial charge on any atom is -0.340 e. The van der Waals surface area contributed by atoms with E-state index in [2.05, 4.69) is 15.1 Å². The zero-order valence-corrected chi connectivity index (χ0v) is 13.2. The molecule has 0 N–H and O–H groups in total. The molecule has 1 saturated heterocycles. The van der Waals surface area contributed by atoms with Gasteiger partial charge in [-0.25, -0.2) is 8.42 Å². The van der Waals surface area contributed by atoms with Crippen molar-refractivity contribution >= 4 is 10.0 Å². The number of sulfonamides is 1. The fraction of sp³-hybridized carbons (Fsp3) is 0.500. The maximum Gasteiger partial charge on any atom is 0.245 e. The number of aryl methyl sites for hydroxylation is 1. The molecule has 1 aliphatic heterocycles. The minimum absolute atomic E-state index is 0.196. The third kappa shape index (κ3) is 2.89. The normalized spacial score (nSPS) is 20.7. The molecule has 118 valence electrons. The summed E-state index contributed by atoms with van der Waals surface area (Å²) in [5, 5.41) is 3.93. The lowest BCUT2D eigenvalue weighted by molar-refractivity contribution is 0.302. The second kappa shape index (κ2) is 6.13. The number of nitrogens with zero attached hydrogens (tertiary/aromatic N) is 4. The molecule has 3 rings (SSSR count). The smallest absolute Gasteiger partial charge is 0.245 e. The number of hydrogen-bond acceptors (Lipinski definition) is 6. The van der Waals surface area contributed by atoms with Gasteiger partial charge >= 0.3 is 0 Å². The Labute approximate surface area is 129 Å². The van der Waals surface area contributed by atoms with E-state index in [1.165, 1.54) is 10.5 Å². The standard InChI is InChI=1S/C14H18N4O3S/c1-11-16-14(17-21-11)13-7-3-2-4-9-18(13)22(19,20)12-6-5-8-15-10-12/h5-6,8,10,13H,2-4,7,9H2,1H3. The summed E-state index contributed by atoms with van der Waals surface area (Å²) in [6.45, 7) is 2.16. The van der Waals surface area contributed by atoms with Crippen LogP contribution >= 0.6 is 0 Å². The van der Waals surface area contributed by atoms with Gasteiger partial charge in [-0.1, -0.05) is 18.0 Å². The van der Waals surface area contributed by atoms with Crippen molar-refractivity contribution in [3.8, 4) is 0 Å². The third-order valence-electron chi connectivity index (χ3n) is 3.79. The minimum atomic E-state index is -3.62. The molecule has 8 heteroatoms. The molecule has 2 aromatic rings. The van der Waals surface area contributed by atoms with Crippen LogP contribution in [0.4, 0.5) is 0 Å². The first-order chi connectivity index (χ1) is 10.6. The Hall–Kier alpha value is -1.80. The molecule has 3 heterocycles. The van der Waals surface area contributed by atoms with Crippen molar-refractivity contribution in [1.29, 1.82) is 0 Å². The van der Waals surface area contributed by atoms with E-state index < -0.39 is 10.0 Å². The second-order valence-electron chi connectivity index (χ2n) is 5.34. The van der Waals surface area contributed by atoms with E-state index in [1.54, 1.807) is 25.3 Å². The first-order valence-corrected chi connectivity index (χ1v) is 8.75. The molecule has 2 aromatic heterocycles. The fourth-order valence-electron chi connectivity index (χ4n) is 2.71. The monoisotopic (exact) mass is 322 g/mol. The van der Waals surface area contributed by atoms with Gasteiger partial charge in [-0.15, -0.1) is 0 Å². The highest BCUT2D eigenvalue weighted by molar-refractivity contribution is 7.89. The van der Waals surface area contributed by atoms with Gasteiger partial charge in [0.25, 0.3) is 0 Å². The summed E-state index contributed by atoms with van der Waals surface area (Å²) in [6, 6.07) is 2.80. The third-order valence-corrected chi connectivity index (χ3v) is 5.68. The number of aromatic nitrogens is 3. The lowest BCUT2D eigenvalue weighted by atomic mass is 10.1. The van der Waals surface area contributed by atoms with Gasteiger partial charge in [0.05, 0.1) is 6.04 Å². The summed E-state index contributed by atoms with van der Waals surface area (Å²) >= 11 is 0. The van der Waals surface area contributed by atoms with Crippen molar-refractivity contribution in [2.75, 3.05) is 6.54 Å². The molecule has 1 atom stereocenters. The molecule has 0 radical (unpaired) electrons. The molecule has 0 bridgehead atoms. The van der Waals surface area contributed by atoms with E-state index in [4.69, 9.17) is 4.52 Å². The summed E-state index contributed by atoms with van der Waals surface area (Å²) in [7, 11) is -3.62. The quantitative estimate of drug-likeness (QED) is 0.859. The van der Waals surface area contributed by atoms with Gasteiger partial charge in [-0.2, -0.15) is 9.29 Å². The van der Waals surface area contributed by atoms with Crippen LogP contribution < -0.4 is 0 Å². The summed E-state index contributed by atoms with van der Waals surface area (Å²) in [5.74, 6) is 0.879. The van der Waals surface area contributed by atoms with Crippen LogP contribution in [0.15, 0.2) is 33.9 Å². The van der Waals surface area contributed by atoms with E-state index in [0.717, 1.165) is 19.3 Å². The first kappa shape index (κ1) is 15.1. The molecule has 22 heavy (non-hydrogen) atoms. The van der Waals surface area contributed by atoms with Crippen LogP contribution in [0.5, 0.6) is 0 Å². The van der Waals surface area contributed by atoms with Gasteiger partial charge in [0, 0.05) is 25.9 Å². The van der Waals surface area contributed by atoms with Crippen molar-refractivity contribution in [1.82, 2.24) is 19.4 Å². The maximum atomic E-state index is 12.9. The van der Waals surface area contributed by atoms with E-state index >= 15 is 0 Å². The van der Waals surface area contributed by atoms with E-state index in [0.29, 0.717) is 24.7 Å². The largest absolute Gasteiger partial charge is 0.340 e. The van der Waals surface area contributed by atoms with E-state index in [1.807, 2.05) is 0 Å². The zero-order chi connectivity index (χ0) is 15.6. The Balaban J connectivity index is 2.00. The molecule has 1 unspecified atom stereocenters. The van der Waals surface area contributed by atoms with Crippen molar-refractivity contribution in [2.45, 2.75) is 43.5 Å². The molecule has 7 nitrogen and oxygen atoms in total. The molecule has 0 aromatic carbocycles. The van der Waals surface area contributed by atoms with Crippen LogP contribution in [0.2, 0.25) is 0 Å². The Morgan fingerprint density at radius 3 is 2.86 bits per heavy atom. The zero-order valence-electron chi connectivity index (χ0n) is 12.3. The van der Waals surface area contributed by atoms with Gasteiger partial charge < -0.3 is 4.52 Å². The predicted molar refractivity (Wildman–Crippen MR) is 78.4 cm³/mol. The van der Waals surface area contributed by atoms with Crippen molar-refractivity contribution < 1.29 is 12.9 Å². The lowest BCUT2D eigenvalue weighted by Crippen LogP contribution is -2.35. The van der Waals surface area contributed by atoms with Crippen LogP contribution in [0.3, 0.4) is 0 Å². The number of pyridine rings is 1. The van der Waals surface area contributed by atoms with Crippen LogP contribution in [-0.2, 0) is 10.0 Å². The van der Waals surface area contributed by atoms with Gasteiger partial charge in [-0.05, 0) is 25.0 Å². The fourth-order valence-corrected chi connectivity index (χ4v) is 4.33. The molecule has 0 spiro atoms. The van der Waals surface area contributed by atoms with E-state index in [-0.39, 0.29) is 10.9 Å². The number of rotatable bonds is 3. The topological polar surface area (TPSA) is 89.2 Å². The van der Waals surface area contributed by atoms with Crippen LogP contribution in [0.25, 0.3) is 0 Å². The highest BCUT2D eigenvalue weighted by Gasteiger charge is 2.35. The van der Waals surface area contributed by atoms with Crippen LogP contribution in [0.1, 0.15) is 43.4 Å². The molecule has 0 saturated carbocycles. The molecule has 1 fully saturated rings. The highest BCUT2D eigenvalue weighted by atomic mass is 32.2. The molecule has 0 aliphatic carbocycles. The van der Waals surface area contributed by atoms with Crippen LogP contribution in [0, 0.1) is 6.92 Å². The Kier molecular flexibility index (Phi) is 4.21. The number of hydrogen-bond donors (Lipinski definition) is 0. The summed E-state index contributed by atoms with van der Waals surface area (Å²) < 4.78 is 32.4. The van der Waals surface area contributed by atoms with Gasteiger partial charge in [0.15, 0.2) is 5.82 Å². The van der Waals surface area contributed by atoms with Crippen molar-refractivity contribution in [2.24, 2.45) is 0 Å². The summed E-state index contributed by atoms with van der Waals surface area (Å²) in [5.41, 5.74) is 0. The molecule has 0 amide bonds. The predicted octanol–water partition coefficient (Wildman–Crippen LogP) is 2.08. The van der Waals surface area contributed by atoms with Crippen molar-refractivity contribution in [3.05, 3.63) is 36.2 Å². The highest BCUT2D eigenvalue weighted by Crippen LogP contribution is 2.33. The Morgan fingerprint density at radius 2 is 2.18 bits per heavy atom. The Morgan fingerprint density at radius 1 is 1.32 bits per heavy atom. The maximum absolute atomic E-state index is 12.9. The molecular weight excluding hydrogens is 304 g/mol. The van der Waals surface area contributed by atoms with Gasteiger partial charge in [0.2, 0.25) is 15.9 Å². The average molecular weight is 322 g/mol. The van der Waals surface area contributed by atoms with Gasteiger partial charge in [-0.3, -0.25) is 4.98 Å². The van der Waals surface area contributed by atoms with E-state index in [9.17, 15) is 8.42 Å². The van der Waals surface area contributed by atoms with Crippen molar-refractivity contribution in [3.63, 3.8) is 0 Å². The summed E-state index contributed by atoms with van der Waals surface area (Å²) in [4.78, 5) is 8.35. The first-order valence-electron chi connectivity index (χ1n) is 7.31.